The van der Waals surface area contributed by atoms with E-state index in [9.17, 15) is 9.59 Å². The van der Waals surface area contributed by atoms with E-state index in [-0.39, 0.29) is 24.5 Å². The number of halogens is 1. The highest BCUT2D eigenvalue weighted by Crippen LogP contribution is 2.30. The molecule has 6 heteroatoms. The second kappa shape index (κ2) is 11.5. The van der Waals surface area contributed by atoms with Gasteiger partial charge < -0.3 is 15.0 Å². The van der Waals surface area contributed by atoms with Gasteiger partial charge in [0.1, 0.15) is 5.75 Å². The maximum Gasteiger partial charge on any atom is 0.262 e. The number of carbonyl (C=O) groups excluding carboxylic acids is 2. The monoisotopic (exact) mass is 500 g/mol. The van der Waals surface area contributed by atoms with Crippen LogP contribution < -0.4 is 10.1 Å². The highest BCUT2D eigenvalue weighted by Gasteiger charge is 2.25. The van der Waals surface area contributed by atoms with Gasteiger partial charge >= 0.3 is 0 Å². The fraction of sp³-hybridized carbons (Fsp3) is 0.462. The van der Waals surface area contributed by atoms with Gasteiger partial charge in [-0.25, -0.2) is 0 Å². The van der Waals surface area contributed by atoms with Crippen molar-refractivity contribution in [1.29, 1.82) is 0 Å². The molecule has 1 atom stereocenters. The molecule has 1 saturated carbocycles. The SMILES string of the molecule is CCC(C)c1ccc(OCC(=O)Nc2ccccc2C(=O)N(C)C2CCCCC2)c(Br)c1. The summed E-state index contributed by atoms with van der Waals surface area (Å²) < 4.78 is 6.55. The molecule has 32 heavy (non-hydrogen) atoms. The molecule has 0 saturated heterocycles. The second-order valence-electron chi connectivity index (χ2n) is 8.59. The minimum absolute atomic E-state index is 0.0582. The van der Waals surface area contributed by atoms with Gasteiger partial charge in [-0.15, -0.1) is 0 Å². The maximum atomic E-state index is 13.1. The average Bonchev–Trinajstić information content (AvgIpc) is 2.82. The van der Waals surface area contributed by atoms with Crippen molar-refractivity contribution in [1.82, 2.24) is 4.90 Å². The first-order chi connectivity index (χ1) is 15.4. The number of amides is 2. The fourth-order valence-electron chi connectivity index (χ4n) is 4.11. The Kier molecular flexibility index (Phi) is 8.74. The molecule has 0 heterocycles. The summed E-state index contributed by atoms with van der Waals surface area (Å²) >= 11 is 3.54. The van der Waals surface area contributed by atoms with Crippen molar-refractivity contribution in [3.63, 3.8) is 0 Å². The van der Waals surface area contributed by atoms with Crippen LogP contribution in [0, 0.1) is 0 Å². The Labute approximate surface area is 199 Å². The summed E-state index contributed by atoms with van der Waals surface area (Å²) in [6, 6.07) is 13.4. The number of nitrogens with zero attached hydrogens (tertiary/aromatic N) is 1. The molecule has 1 fully saturated rings. The van der Waals surface area contributed by atoms with Gasteiger partial charge in [-0.05, 0) is 70.9 Å². The van der Waals surface area contributed by atoms with Gasteiger partial charge in [-0.2, -0.15) is 0 Å². The number of ether oxygens (including phenoxy) is 1. The summed E-state index contributed by atoms with van der Waals surface area (Å²) in [5, 5.41) is 2.85. The van der Waals surface area contributed by atoms with Gasteiger partial charge in [0.05, 0.1) is 15.7 Å². The number of carbonyl (C=O) groups is 2. The predicted molar refractivity (Wildman–Crippen MR) is 132 cm³/mol. The van der Waals surface area contributed by atoms with E-state index in [0.29, 0.717) is 22.9 Å². The first-order valence-electron chi connectivity index (χ1n) is 11.5. The summed E-state index contributed by atoms with van der Waals surface area (Å²) in [5.74, 6) is 0.721. The van der Waals surface area contributed by atoms with Crippen molar-refractivity contribution in [2.75, 3.05) is 19.0 Å². The Balaban J connectivity index is 1.63. The molecule has 0 bridgehead atoms. The smallest absolute Gasteiger partial charge is 0.262 e. The molecule has 3 rings (SSSR count). The van der Waals surface area contributed by atoms with Crippen LogP contribution in [0.5, 0.6) is 5.75 Å². The van der Waals surface area contributed by atoms with Gasteiger partial charge in [0, 0.05) is 13.1 Å². The van der Waals surface area contributed by atoms with E-state index in [1.54, 1.807) is 12.1 Å². The zero-order valence-corrected chi connectivity index (χ0v) is 20.8. The van der Waals surface area contributed by atoms with E-state index in [0.717, 1.165) is 36.6 Å². The van der Waals surface area contributed by atoms with Crippen LogP contribution in [0.4, 0.5) is 5.69 Å². The fourth-order valence-corrected chi connectivity index (χ4v) is 4.62. The number of benzene rings is 2. The Bertz CT molecular complexity index is 940. The van der Waals surface area contributed by atoms with Crippen molar-refractivity contribution < 1.29 is 14.3 Å². The molecule has 1 aliphatic rings. The molecule has 1 unspecified atom stereocenters. The van der Waals surface area contributed by atoms with Gasteiger partial charge in [0.2, 0.25) is 0 Å². The average molecular weight is 501 g/mol. The topological polar surface area (TPSA) is 58.6 Å². The Morgan fingerprint density at radius 1 is 1.16 bits per heavy atom. The van der Waals surface area contributed by atoms with E-state index in [1.165, 1.54) is 12.0 Å². The molecule has 0 radical (unpaired) electrons. The molecule has 2 aromatic carbocycles. The van der Waals surface area contributed by atoms with Gasteiger partial charge in [0.25, 0.3) is 11.8 Å². The molecular weight excluding hydrogens is 468 g/mol. The lowest BCUT2D eigenvalue weighted by Gasteiger charge is -2.31. The highest BCUT2D eigenvalue weighted by atomic mass is 79.9. The molecule has 0 aliphatic heterocycles. The third-order valence-corrected chi connectivity index (χ3v) is 6.99. The molecule has 2 amide bonds. The zero-order valence-electron chi connectivity index (χ0n) is 19.2. The van der Waals surface area contributed by atoms with Crippen molar-refractivity contribution in [3.8, 4) is 5.75 Å². The van der Waals surface area contributed by atoms with Crippen molar-refractivity contribution in [2.24, 2.45) is 0 Å². The number of nitrogens with one attached hydrogen (secondary N) is 1. The lowest BCUT2D eigenvalue weighted by molar-refractivity contribution is -0.118. The summed E-state index contributed by atoms with van der Waals surface area (Å²) in [6.45, 7) is 4.20. The molecular formula is C26H33BrN2O3. The zero-order chi connectivity index (χ0) is 23.1. The normalized spacial score (nSPS) is 15.1. The number of rotatable bonds is 8. The third kappa shape index (κ3) is 6.12. The largest absolute Gasteiger partial charge is 0.483 e. The molecule has 0 spiro atoms. The molecule has 2 aromatic rings. The van der Waals surface area contributed by atoms with Crippen LogP contribution in [-0.4, -0.2) is 36.4 Å². The van der Waals surface area contributed by atoms with E-state index in [2.05, 4.69) is 35.1 Å². The molecule has 0 aromatic heterocycles. The van der Waals surface area contributed by atoms with Crippen molar-refractivity contribution in [3.05, 3.63) is 58.1 Å². The van der Waals surface area contributed by atoms with Crippen LogP contribution >= 0.6 is 15.9 Å². The summed E-state index contributed by atoms with van der Waals surface area (Å²) in [7, 11) is 1.86. The Morgan fingerprint density at radius 2 is 1.88 bits per heavy atom. The van der Waals surface area contributed by atoms with Crippen molar-refractivity contribution in [2.45, 2.75) is 64.3 Å². The van der Waals surface area contributed by atoms with Crippen LogP contribution in [0.2, 0.25) is 0 Å². The summed E-state index contributed by atoms with van der Waals surface area (Å²) in [6.07, 6.45) is 6.69. The number of hydrogen-bond acceptors (Lipinski definition) is 3. The Morgan fingerprint density at radius 3 is 2.56 bits per heavy atom. The van der Waals surface area contributed by atoms with Gasteiger partial charge in [-0.3, -0.25) is 9.59 Å². The first kappa shape index (κ1) is 24.3. The van der Waals surface area contributed by atoms with Gasteiger partial charge in [-0.1, -0.05) is 51.3 Å². The summed E-state index contributed by atoms with van der Waals surface area (Å²) in [5.41, 5.74) is 2.25. The van der Waals surface area contributed by atoms with Crippen LogP contribution in [0.1, 0.15) is 74.2 Å². The lowest BCUT2D eigenvalue weighted by atomic mass is 9.94. The lowest BCUT2D eigenvalue weighted by Crippen LogP contribution is -2.38. The van der Waals surface area contributed by atoms with Crippen LogP contribution in [-0.2, 0) is 4.79 Å². The minimum atomic E-state index is -0.302. The highest BCUT2D eigenvalue weighted by molar-refractivity contribution is 9.10. The Hall–Kier alpha value is -2.34. The maximum absolute atomic E-state index is 13.1. The molecule has 1 N–H and O–H groups in total. The number of hydrogen-bond donors (Lipinski definition) is 1. The first-order valence-corrected chi connectivity index (χ1v) is 12.3. The standard InChI is InChI=1S/C26H33BrN2O3/c1-4-18(2)19-14-15-24(22(27)16-19)32-17-25(30)28-23-13-9-8-12-21(23)26(31)29(3)20-10-6-5-7-11-20/h8-9,12-16,18,20H,4-7,10-11,17H2,1-3H3,(H,28,30). The van der Waals surface area contributed by atoms with E-state index >= 15 is 0 Å². The van der Waals surface area contributed by atoms with Crippen LogP contribution in [0.3, 0.4) is 0 Å². The van der Waals surface area contributed by atoms with Gasteiger partial charge in [0.15, 0.2) is 6.61 Å². The van der Waals surface area contributed by atoms with Crippen molar-refractivity contribution >= 4 is 33.4 Å². The second-order valence-corrected chi connectivity index (χ2v) is 9.44. The number of para-hydroxylation sites is 1. The number of anilines is 1. The van der Waals surface area contributed by atoms with E-state index < -0.39 is 0 Å². The predicted octanol–water partition coefficient (Wildman–Crippen LogP) is 6.38. The van der Waals surface area contributed by atoms with E-state index in [1.807, 2.05) is 42.3 Å². The van der Waals surface area contributed by atoms with E-state index in [4.69, 9.17) is 4.74 Å². The molecule has 5 nitrogen and oxygen atoms in total. The minimum Gasteiger partial charge on any atom is -0.483 e. The van der Waals surface area contributed by atoms with Crippen LogP contribution in [0.25, 0.3) is 0 Å². The molecule has 1 aliphatic carbocycles. The quantitative estimate of drug-likeness (QED) is 0.456. The molecule has 172 valence electrons. The third-order valence-electron chi connectivity index (χ3n) is 6.37. The summed E-state index contributed by atoms with van der Waals surface area (Å²) in [4.78, 5) is 27.5. The van der Waals surface area contributed by atoms with Crippen LogP contribution in [0.15, 0.2) is 46.9 Å².